The van der Waals surface area contributed by atoms with Gasteiger partial charge < -0.3 is 15.8 Å². The quantitative estimate of drug-likeness (QED) is 0.558. The molecule has 7 nitrogen and oxygen atoms in total. The number of nitrogens with one attached hydrogen (secondary N) is 1. The Morgan fingerprint density at radius 2 is 2.40 bits per heavy atom. The van der Waals surface area contributed by atoms with Gasteiger partial charge in [-0.15, -0.1) is 0 Å². The number of hydrogen-bond donors (Lipinski definition) is 2. The molecule has 0 bridgehead atoms. The Kier molecular flexibility index (Phi) is 3.67. The summed E-state index contributed by atoms with van der Waals surface area (Å²) in [6, 6.07) is 0. The minimum atomic E-state index is -0.827. The summed E-state index contributed by atoms with van der Waals surface area (Å²) in [6.07, 6.45) is 2.40. The van der Waals surface area contributed by atoms with Gasteiger partial charge in [-0.2, -0.15) is 16.9 Å². The number of hydrogen-bond acceptors (Lipinski definition) is 5. The van der Waals surface area contributed by atoms with Crippen molar-refractivity contribution in [2.75, 3.05) is 12.0 Å². The second-order valence-corrected chi connectivity index (χ2v) is 3.75. The molecule has 0 aliphatic heterocycles. The minimum Gasteiger partial charge on any atom is -0.365 e. The lowest BCUT2D eigenvalue weighted by Gasteiger charge is -1.96. The van der Waals surface area contributed by atoms with Crippen molar-refractivity contribution in [3.8, 4) is 0 Å². The molecule has 1 aromatic rings. The van der Waals surface area contributed by atoms with Crippen LogP contribution in [0.3, 0.4) is 0 Å². The van der Waals surface area contributed by atoms with Crippen LogP contribution >= 0.6 is 11.8 Å². The van der Waals surface area contributed by atoms with Crippen molar-refractivity contribution in [1.82, 2.24) is 10.2 Å². The van der Waals surface area contributed by atoms with Crippen LogP contribution < -0.4 is 5.73 Å². The highest BCUT2D eigenvalue weighted by molar-refractivity contribution is 7.98. The molecule has 15 heavy (non-hydrogen) atoms. The first-order valence-electron chi connectivity index (χ1n) is 4.08. The smallest absolute Gasteiger partial charge is 0.365 e. The zero-order valence-corrected chi connectivity index (χ0v) is 8.84. The molecule has 0 radical (unpaired) electrons. The first-order valence-corrected chi connectivity index (χ1v) is 5.47. The number of carbonyl (C=O) groups excluding carboxylic acids is 1. The molecule has 3 N–H and O–H groups in total. The Morgan fingerprint density at radius 3 is 2.87 bits per heavy atom. The van der Waals surface area contributed by atoms with Crippen LogP contribution in [-0.2, 0) is 6.42 Å². The molecule has 0 spiro atoms. The summed E-state index contributed by atoms with van der Waals surface area (Å²) in [6.45, 7) is 0. The third-order valence-electron chi connectivity index (χ3n) is 1.80. The van der Waals surface area contributed by atoms with Crippen LogP contribution in [0, 0.1) is 10.1 Å². The third kappa shape index (κ3) is 2.46. The zero-order valence-electron chi connectivity index (χ0n) is 8.02. The maximum Gasteiger partial charge on any atom is 0.402 e. The topological polar surface area (TPSA) is 115 Å². The molecule has 0 aromatic carbocycles. The number of primary amides is 1. The van der Waals surface area contributed by atoms with Gasteiger partial charge in [-0.1, -0.05) is 0 Å². The zero-order chi connectivity index (χ0) is 11.4. The summed E-state index contributed by atoms with van der Waals surface area (Å²) in [5.41, 5.74) is 5.36. The number of nitrogens with two attached hydrogens (primary N) is 1. The van der Waals surface area contributed by atoms with E-state index in [1.54, 1.807) is 11.8 Å². The molecule has 1 rings (SSSR count). The Hall–Kier alpha value is -1.57. The summed E-state index contributed by atoms with van der Waals surface area (Å²) in [5, 5.41) is 16.4. The molecular formula is C7H10N4O3S. The fourth-order valence-corrected chi connectivity index (χ4v) is 1.55. The minimum absolute atomic E-state index is 0.117. The average molecular weight is 230 g/mol. The van der Waals surface area contributed by atoms with Crippen molar-refractivity contribution in [2.24, 2.45) is 5.73 Å². The van der Waals surface area contributed by atoms with E-state index in [9.17, 15) is 14.9 Å². The molecule has 0 aliphatic rings. The molecular weight excluding hydrogens is 220 g/mol. The monoisotopic (exact) mass is 230 g/mol. The highest BCUT2D eigenvalue weighted by Crippen LogP contribution is 2.19. The first kappa shape index (κ1) is 11.5. The van der Waals surface area contributed by atoms with Crippen molar-refractivity contribution >= 4 is 23.5 Å². The third-order valence-corrected chi connectivity index (χ3v) is 2.41. The number of aryl methyl sites for hydroxylation is 1. The lowest BCUT2D eigenvalue weighted by Crippen LogP contribution is -2.14. The summed E-state index contributed by atoms with van der Waals surface area (Å²) in [7, 11) is 0. The molecule has 0 saturated carbocycles. The van der Waals surface area contributed by atoms with E-state index >= 15 is 0 Å². The van der Waals surface area contributed by atoms with Crippen LogP contribution in [0.2, 0.25) is 0 Å². The number of amides is 1. The van der Waals surface area contributed by atoms with Crippen LogP contribution in [0.4, 0.5) is 5.82 Å². The number of carbonyl (C=O) groups is 1. The Morgan fingerprint density at radius 1 is 1.73 bits per heavy atom. The maximum absolute atomic E-state index is 11.0. The standard InChI is InChI=1S/C7H10N4O3S/c1-15-3-2-4-5(6(8)12)7(10-9-4)11(13)14/h2-3H2,1H3,(H2,8,12)(H,9,10). The van der Waals surface area contributed by atoms with E-state index in [4.69, 9.17) is 5.73 Å². The molecule has 1 aromatic heterocycles. The second kappa shape index (κ2) is 4.78. The molecule has 0 atom stereocenters. The predicted octanol–water partition coefficient (Wildman–Crippen LogP) is 0.322. The molecule has 82 valence electrons. The molecule has 8 heteroatoms. The number of aromatic nitrogens is 2. The van der Waals surface area contributed by atoms with Gasteiger partial charge in [0.1, 0.15) is 0 Å². The van der Waals surface area contributed by atoms with Crippen molar-refractivity contribution in [3.63, 3.8) is 0 Å². The Balaban J connectivity index is 3.06. The van der Waals surface area contributed by atoms with Crippen LogP contribution in [0.15, 0.2) is 0 Å². The van der Waals surface area contributed by atoms with Gasteiger partial charge in [-0.05, 0) is 16.9 Å². The fourth-order valence-electron chi connectivity index (χ4n) is 1.14. The second-order valence-electron chi connectivity index (χ2n) is 2.76. The van der Waals surface area contributed by atoms with Crippen molar-refractivity contribution < 1.29 is 9.72 Å². The van der Waals surface area contributed by atoms with Crippen molar-refractivity contribution in [2.45, 2.75) is 6.42 Å². The van der Waals surface area contributed by atoms with Crippen LogP contribution in [0.25, 0.3) is 0 Å². The fraction of sp³-hybridized carbons (Fsp3) is 0.429. The highest BCUT2D eigenvalue weighted by Gasteiger charge is 2.26. The van der Waals surface area contributed by atoms with Gasteiger partial charge in [0.05, 0.1) is 10.8 Å². The number of nitrogens with zero attached hydrogens (tertiary/aromatic N) is 2. The molecule has 1 heterocycles. The lowest BCUT2D eigenvalue weighted by molar-refractivity contribution is -0.389. The largest absolute Gasteiger partial charge is 0.402 e. The van der Waals surface area contributed by atoms with Crippen molar-refractivity contribution in [1.29, 1.82) is 0 Å². The summed E-state index contributed by atoms with van der Waals surface area (Å²) in [5.74, 6) is -0.593. The van der Waals surface area contributed by atoms with Gasteiger partial charge in [0.15, 0.2) is 5.56 Å². The highest BCUT2D eigenvalue weighted by atomic mass is 32.2. The molecule has 0 unspecified atom stereocenters. The van der Waals surface area contributed by atoms with E-state index in [0.717, 1.165) is 5.75 Å². The molecule has 0 fully saturated rings. The Labute approximate surface area is 89.6 Å². The van der Waals surface area contributed by atoms with E-state index in [0.29, 0.717) is 12.1 Å². The lowest BCUT2D eigenvalue weighted by atomic mass is 10.2. The van der Waals surface area contributed by atoms with E-state index in [-0.39, 0.29) is 5.56 Å². The average Bonchev–Trinajstić information content (AvgIpc) is 2.58. The van der Waals surface area contributed by atoms with E-state index in [2.05, 4.69) is 10.2 Å². The van der Waals surface area contributed by atoms with E-state index in [1.165, 1.54) is 0 Å². The normalized spacial score (nSPS) is 10.2. The number of nitro groups is 1. The van der Waals surface area contributed by atoms with Gasteiger partial charge in [0, 0.05) is 6.42 Å². The van der Waals surface area contributed by atoms with Crippen LogP contribution in [0.5, 0.6) is 0 Å². The molecule has 0 aliphatic carbocycles. The van der Waals surface area contributed by atoms with Crippen LogP contribution in [-0.4, -0.2) is 33.0 Å². The van der Waals surface area contributed by atoms with Crippen molar-refractivity contribution in [3.05, 3.63) is 21.4 Å². The number of aromatic amines is 1. The SMILES string of the molecule is CSCCc1[nH]nc([N+](=O)[O-])c1C(N)=O. The number of thioether (sulfide) groups is 1. The van der Waals surface area contributed by atoms with Gasteiger partial charge in [0.25, 0.3) is 5.91 Å². The van der Waals surface area contributed by atoms with E-state index < -0.39 is 16.6 Å². The van der Waals surface area contributed by atoms with Gasteiger partial charge in [-0.25, -0.2) is 0 Å². The van der Waals surface area contributed by atoms with Crippen LogP contribution in [0.1, 0.15) is 16.1 Å². The summed E-state index contributed by atoms with van der Waals surface area (Å²) >= 11 is 1.56. The summed E-state index contributed by atoms with van der Waals surface area (Å²) < 4.78 is 0. The molecule has 0 saturated heterocycles. The Bertz CT molecular complexity index is 390. The maximum atomic E-state index is 11.0. The number of rotatable bonds is 5. The first-order chi connectivity index (χ1) is 7.07. The van der Waals surface area contributed by atoms with E-state index in [1.807, 2.05) is 6.26 Å². The number of H-pyrrole nitrogens is 1. The van der Waals surface area contributed by atoms with Gasteiger partial charge >= 0.3 is 5.82 Å². The summed E-state index contributed by atoms with van der Waals surface area (Å²) in [4.78, 5) is 20.8. The van der Waals surface area contributed by atoms with Gasteiger partial charge in [-0.3, -0.25) is 4.79 Å². The van der Waals surface area contributed by atoms with Gasteiger partial charge in [0.2, 0.25) is 0 Å². The predicted molar refractivity (Wildman–Crippen MR) is 55.8 cm³/mol. The molecule has 1 amide bonds.